The molecule has 1 heterocycles. The van der Waals surface area contributed by atoms with E-state index < -0.39 is 23.0 Å². The topological polar surface area (TPSA) is 61.2 Å². The number of nitriles is 1. The molecule has 0 radical (unpaired) electrons. The molecule has 0 saturated carbocycles. The normalized spacial score (nSPS) is 21.9. The van der Waals surface area contributed by atoms with Gasteiger partial charge in [-0.15, -0.1) is 0 Å². The van der Waals surface area contributed by atoms with Gasteiger partial charge in [-0.25, -0.2) is 4.39 Å². The largest absolute Gasteiger partial charge is 0.277 e. The van der Waals surface area contributed by atoms with Crippen molar-refractivity contribution in [3.05, 3.63) is 35.6 Å². The molecule has 0 aromatic heterocycles. The molecule has 0 spiro atoms. The number of hydrogen-bond donors (Lipinski definition) is 0. The van der Waals surface area contributed by atoms with E-state index in [-0.39, 0.29) is 12.1 Å². The van der Waals surface area contributed by atoms with Crippen LogP contribution in [0, 0.1) is 22.6 Å². The smallest absolute Gasteiger partial charge is 0.260 e. The summed E-state index contributed by atoms with van der Waals surface area (Å²) in [7, 11) is 0. The van der Waals surface area contributed by atoms with Gasteiger partial charge in [0.2, 0.25) is 5.91 Å². The molecule has 1 unspecified atom stereocenters. The molecule has 104 valence electrons. The number of halogens is 1. The molecule has 2 amide bonds. The van der Waals surface area contributed by atoms with Gasteiger partial charge in [0.05, 0.1) is 6.07 Å². The first-order valence-corrected chi connectivity index (χ1v) is 6.57. The first-order valence-electron chi connectivity index (χ1n) is 6.57. The number of benzene rings is 1. The zero-order chi connectivity index (χ0) is 14.8. The molecule has 2 rings (SSSR count). The van der Waals surface area contributed by atoms with Crippen molar-refractivity contribution in [3.8, 4) is 6.07 Å². The third-order valence-electron chi connectivity index (χ3n) is 3.64. The molecule has 4 nitrogen and oxygen atoms in total. The SMILES string of the molecule is CCCC1(C#N)CCN(C(=O)c2ccc(F)cc2)C1=O. The van der Waals surface area contributed by atoms with Gasteiger partial charge >= 0.3 is 0 Å². The van der Waals surface area contributed by atoms with Gasteiger partial charge in [-0.2, -0.15) is 5.26 Å². The fraction of sp³-hybridized carbons (Fsp3) is 0.400. The van der Waals surface area contributed by atoms with Gasteiger partial charge in [0.15, 0.2) is 0 Å². The first kappa shape index (κ1) is 14.2. The van der Waals surface area contributed by atoms with Crippen molar-refractivity contribution in [1.82, 2.24) is 4.90 Å². The van der Waals surface area contributed by atoms with E-state index in [0.29, 0.717) is 19.3 Å². The second kappa shape index (κ2) is 5.41. The molecular formula is C15H15FN2O2. The van der Waals surface area contributed by atoms with Crippen LogP contribution in [0.15, 0.2) is 24.3 Å². The summed E-state index contributed by atoms with van der Waals surface area (Å²) < 4.78 is 12.8. The molecule has 0 bridgehead atoms. The highest BCUT2D eigenvalue weighted by atomic mass is 19.1. The Morgan fingerprint density at radius 3 is 2.65 bits per heavy atom. The van der Waals surface area contributed by atoms with Crippen molar-refractivity contribution >= 4 is 11.8 Å². The summed E-state index contributed by atoms with van der Waals surface area (Å²) >= 11 is 0. The fourth-order valence-electron chi connectivity index (χ4n) is 2.53. The standard InChI is InChI=1S/C15H15FN2O2/c1-2-7-15(10-17)8-9-18(14(15)20)13(19)11-3-5-12(16)6-4-11/h3-6H,2,7-9H2,1H3. The summed E-state index contributed by atoms with van der Waals surface area (Å²) in [5.41, 5.74) is -0.824. The number of carbonyl (C=O) groups is 2. The average molecular weight is 274 g/mol. The lowest BCUT2D eigenvalue weighted by molar-refractivity contribution is -0.131. The van der Waals surface area contributed by atoms with Crippen LogP contribution in [0.3, 0.4) is 0 Å². The van der Waals surface area contributed by atoms with Crippen molar-refractivity contribution in [2.24, 2.45) is 5.41 Å². The van der Waals surface area contributed by atoms with E-state index in [1.807, 2.05) is 6.92 Å². The number of carbonyl (C=O) groups excluding carboxylic acids is 2. The number of rotatable bonds is 3. The molecule has 1 aromatic carbocycles. The number of amides is 2. The predicted octanol–water partition coefficient (Wildman–Crippen LogP) is 2.51. The summed E-state index contributed by atoms with van der Waals surface area (Å²) in [6.07, 6.45) is 1.52. The molecule has 1 atom stereocenters. The Morgan fingerprint density at radius 1 is 1.45 bits per heavy atom. The summed E-state index contributed by atoms with van der Waals surface area (Å²) in [5, 5.41) is 9.27. The Bertz CT molecular complexity index is 577. The molecule has 0 N–H and O–H groups in total. The molecule has 1 fully saturated rings. The van der Waals surface area contributed by atoms with Crippen LogP contribution in [0.4, 0.5) is 4.39 Å². The van der Waals surface area contributed by atoms with E-state index >= 15 is 0 Å². The molecule has 1 aliphatic rings. The van der Waals surface area contributed by atoms with Crippen LogP contribution < -0.4 is 0 Å². The highest BCUT2D eigenvalue weighted by Crippen LogP contribution is 2.36. The average Bonchev–Trinajstić information content (AvgIpc) is 2.77. The summed E-state index contributed by atoms with van der Waals surface area (Å²) in [6.45, 7) is 2.14. The van der Waals surface area contributed by atoms with E-state index in [4.69, 9.17) is 0 Å². The van der Waals surface area contributed by atoms with Gasteiger partial charge < -0.3 is 0 Å². The third kappa shape index (κ3) is 2.29. The van der Waals surface area contributed by atoms with Crippen LogP contribution in [-0.4, -0.2) is 23.3 Å². The van der Waals surface area contributed by atoms with E-state index in [0.717, 1.165) is 4.90 Å². The van der Waals surface area contributed by atoms with Gasteiger partial charge in [0, 0.05) is 12.1 Å². The lowest BCUT2D eigenvalue weighted by Gasteiger charge is -2.19. The monoisotopic (exact) mass is 274 g/mol. The van der Waals surface area contributed by atoms with Crippen LogP contribution >= 0.6 is 0 Å². The van der Waals surface area contributed by atoms with Crippen LogP contribution in [0.2, 0.25) is 0 Å². The zero-order valence-corrected chi connectivity index (χ0v) is 11.2. The van der Waals surface area contributed by atoms with Gasteiger partial charge in [-0.3, -0.25) is 14.5 Å². The lowest BCUT2D eigenvalue weighted by Crippen LogP contribution is -2.37. The van der Waals surface area contributed by atoms with Crippen molar-refractivity contribution in [2.75, 3.05) is 6.54 Å². The quantitative estimate of drug-likeness (QED) is 0.796. The molecule has 1 aromatic rings. The summed E-state index contributed by atoms with van der Waals surface area (Å²) in [6, 6.07) is 7.11. The number of likely N-dealkylation sites (tertiary alicyclic amines) is 1. The molecule has 20 heavy (non-hydrogen) atoms. The minimum atomic E-state index is -1.08. The van der Waals surface area contributed by atoms with Crippen molar-refractivity contribution in [1.29, 1.82) is 5.26 Å². The fourth-order valence-corrected chi connectivity index (χ4v) is 2.53. The Hall–Kier alpha value is -2.22. The Kier molecular flexibility index (Phi) is 3.84. The first-order chi connectivity index (χ1) is 9.54. The maximum absolute atomic E-state index is 12.8. The number of imide groups is 1. The maximum Gasteiger partial charge on any atom is 0.260 e. The second-order valence-electron chi connectivity index (χ2n) is 4.96. The molecule has 5 heteroatoms. The third-order valence-corrected chi connectivity index (χ3v) is 3.64. The zero-order valence-electron chi connectivity index (χ0n) is 11.2. The van der Waals surface area contributed by atoms with E-state index in [9.17, 15) is 19.2 Å². The Balaban J connectivity index is 2.23. The van der Waals surface area contributed by atoms with Gasteiger partial charge in [0.25, 0.3) is 5.91 Å². The summed E-state index contributed by atoms with van der Waals surface area (Å²) in [5.74, 6) is -1.34. The Labute approximate surface area is 116 Å². The van der Waals surface area contributed by atoms with Crippen LogP contribution in [0.5, 0.6) is 0 Å². The van der Waals surface area contributed by atoms with E-state index in [1.165, 1.54) is 24.3 Å². The minimum absolute atomic E-state index is 0.239. The van der Waals surface area contributed by atoms with Gasteiger partial charge in [0.1, 0.15) is 11.2 Å². The minimum Gasteiger partial charge on any atom is -0.277 e. The summed E-state index contributed by atoms with van der Waals surface area (Å²) in [4.78, 5) is 25.7. The van der Waals surface area contributed by atoms with E-state index in [1.54, 1.807) is 0 Å². The van der Waals surface area contributed by atoms with Gasteiger partial charge in [-0.05, 0) is 37.1 Å². The molecular weight excluding hydrogens is 259 g/mol. The van der Waals surface area contributed by atoms with Crippen LogP contribution in [0.1, 0.15) is 36.5 Å². The second-order valence-corrected chi connectivity index (χ2v) is 4.96. The predicted molar refractivity (Wildman–Crippen MR) is 70.0 cm³/mol. The van der Waals surface area contributed by atoms with E-state index in [2.05, 4.69) is 6.07 Å². The molecule has 1 saturated heterocycles. The van der Waals surface area contributed by atoms with Gasteiger partial charge in [-0.1, -0.05) is 13.3 Å². The van der Waals surface area contributed by atoms with Crippen molar-refractivity contribution < 1.29 is 14.0 Å². The number of nitrogens with zero attached hydrogens (tertiary/aromatic N) is 2. The maximum atomic E-state index is 12.8. The highest BCUT2D eigenvalue weighted by Gasteiger charge is 2.48. The molecule has 1 aliphatic heterocycles. The van der Waals surface area contributed by atoms with Crippen molar-refractivity contribution in [3.63, 3.8) is 0 Å². The number of hydrogen-bond acceptors (Lipinski definition) is 3. The Morgan fingerprint density at radius 2 is 2.10 bits per heavy atom. The van der Waals surface area contributed by atoms with Crippen LogP contribution in [0.25, 0.3) is 0 Å². The van der Waals surface area contributed by atoms with Crippen LogP contribution in [-0.2, 0) is 4.79 Å². The van der Waals surface area contributed by atoms with Crippen molar-refractivity contribution in [2.45, 2.75) is 26.2 Å². The lowest BCUT2D eigenvalue weighted by atomic mass is 9.83. The molecule has 0 aliphatic carbocycles. The highest BCUT2D eigenvalue weighted by molar-refractivity contribution is 6.08.